The predicted octanol–water partition coefficient (Wildman–Crippen LogP) is 1.21. The van der Waals surface area contributed by atoms with Crippen LogP contribution < -0.4 is 0 Å². The Labute approximate surface area is 124 Å². The average Bonchev–Trinajstić information content (AvgIpc) is 2.74. The van der Waals surface area contributed by atoms with E-state index in [1.54, 1.807) is 27.7 Å². The van der Waals surface area contributed by atoms with E-state index in [1.807, 2.05) is 0 Å². The molecule has 1 aliphatic heterocycles. The van der Waals surface area contributed by atoms with Gasteiger partial charge in [-0.15, -0.1) is 0 Å². The SMILES string of the molecule is COC(=O)C1CN(C(=O)OC(C)(C)C)C[C@@]1(C)C(=O)OC. The largest absolute Gasteiger partial charge is 0.469 e. The average molecular weight is 301 g/mol. The second-order valence-corrected chi connectivity index (χ2v) is 6.35. The Hall–Kier alpha value is -1.79. The summed E-state index contributed by atoms with van der Waals surface area (Å²) in [5, 5.41) is 0. The predicted molar refractivity (Wildman–Crippen MR) is 73.4 cm³/mol. The summed E-state index contributed by atoms with van der Waals surface area (Å²) in [6.07, 6.45) is -0.566. The van der Waals surface area contributed by atoms with Gasteiger partial charge in [0.25, 0.3) is 0 Å². The number of carbonyl (C=O) groups excluding carboxylic acids is 3. The highest BCUT2D eigenvalue weighted by Crippen LogP contribution is 2.38. The molecule has 7 heteroatoms. The van der Waals surface area contributed by atoms with Gasteiger partial charge in [-0.05, 0) is 27.7 Å². The number of hydrogen-bond acceptors (Lipinski definition) is 6. The molecule has 1 rings (SSSR count). The van der Waals surface area contributed by atoms with Crippen LogP contribution >= 0.6 is 0 Å². The Morgan fingerprint density at radius 1 is 1.14 bits per heavy atom. The lowest BCUT2D eigenvalue weighted by molar-refractivity contribution is -0.161. The van der Waals surface area contributed by atoms with E-state index < -0.39 is 35.0 Å². The summed E-state index contributed by atoms with van der Waals surface area (Å²) < 4.78 is 14.8. The molecular weight excluding hydrogens is 278 g/mol. The lowest BCUT2D eigenvalue weighted by Crippen LogP contribution is -2.41. The van der Waals surface area contributed by atoms with Gasteiger partial charge in [-0.3, -0.25) is 9.59 Å². The Morgan fingerprint density at radius 2 is 1.71 bits per heavy atom. The normalized spacial score (nSPS) is 25.4. The zero-order valence-corrected chi connectivity index (χ0v) is 13.4. The highest BCUT2D eigenvalue weighted by atomic mass is 16.6. The van der Waals surface area contributed by atoms with E-state index in [0.717, 1.165) is 0 Å². The van der Waals surface area contributed by atoms with Crippen LogP contribution in [0.15, 0.2) is 0 Å². The lowest BCUT2D eigenvalue weighted by Gasteiger charge is -2.26. The maximum Gasteiger partial charge on any atom is 0.410 e. The molecule has 0 spiro atoms. The molecule has 1 fully saturated rings. The van der Waals surface area contributed by atoms with Crippen LogP contribution in [-0.4, -0.2) is 55.8 Å². The van der Waals surface area contributed by atoms with Crippen LogP contribution in [0.3, 0.4) is 0 Å². The Balaban J connectivity index is 2.98. The zero-order chi connectivity index (χ0) is 16.4. The highest BCUT2D eigenvalue weighted by molar-refractivity contribution is 5.87. The third-order valence-corrected chi connectivity index (χ3v) is 3.48. The number of nitrogens with zero attached hydrogens (tertiary/aromatic N) is 1. The molecule has 2 atom stereocenters. The van der Waals surface area contributed by atoms with Crippen LogP contribution in [0, 0.1) is 11.3 Å². The first-order valence-electron chi connectivity index (χ1n) is 6.69. The van der Waals surface area contributed by atoms with Crippen molar-refractivity contribution in [2.75, 3.05) is 27.3 Å². The van der Waals surface area contributed by atoms with Gasteiger partial charge in [0.1, 0.15) is 5.60 Å². The smallest absolute Gasteiger partial charge is 0.410 e. The first-order chi connectivity index (χ1) is 9.55. The number of esters is 2. The van der Waals surface area contributed by atoms with E-state index in [4.69, 9.17) is 14.2 Å². The summed E-state index contributed by atoms with van der Waals surface area (Å²) in [6, 6.07) is 0. The van der Waals surface area contributed by atoms with Crippen molar-refractivity contribution in [3.05, 3.63) is 0 Å². The molecule has 120 valence electrons. The highest BCUT2D eigenvalue weighted by Gasteiger charge is 2.55. The van der Waals surface area contributed by atoms with Gasteiger partial charge in [0, 0.05) is 13.1 Å². The van der Waals surface area contributed by atoms with Gasteiger partial charge in [0.2, 0.25) is 0 Å². The number of carbonyl (C=O) groups is 3. The lowest BCUT2D eigenvalue weighted by atomic mass is 9.80. The molecule has 1 aliphatic rings. The minimum absolute atomic E-state index is 0.0500. The summed E-state index contributed by atoms with van der Waals surface area (Å²) in [6.45, 7) is 6.95. The van der Waals surface area contributed by atoms with Crippen LogP contribution in [0.1, 0.15) is 27.7 Å². The molecule has 1 unspecified atom stereocenters. The molecule has 1 heterocycles. The minimum Gasteiger partial charge on any atom is -0.469 e. The van der Waals surface area contributed by atoms with Crippen LogP contribution in [-0.2, 0) is 23.8 Å². The maximum absolute atomic E-state index is 12.1. The number of ether oxygens (including phenoxy) is 3. The zero-order valence-electron chi connectivity index (χ0n) is 13.4. The standard InChI is InChI=1S/C14H23NO6/c1-13(2,3)21-12(18)15-7-9(10(16)19-5)14(4,8-15)11(17)20-6/h9H,7-8H2,1-6H3/t9?,14-/m1/s1. The van der Waals surface area contributed by atoms with Gasteiger partial charge in [0.05, 0.1) is 25.6 Å². The Bertz CT molecular complexity index is 441. The number of rotatable bonds is 2. The quantitative estimate of drug-likeness (QED) is 0.563. The molecule has 0 N–H and O–H groups in total. The van der Waals surface area contributed by atoms with Crippen LogP contribution in [0.4, 0.5) is 4.79 Å². The molecule has 0 saturated carbocycles. The number of likely N-dealkylation sites (tertiary alicyclic amines) is 1. The van der Waals surface area contributed by atoms with Gasteiger partial charge in [0.15, 0.2) is 0 Å². The van der Waals surface area contributed by atoms with Crippen molar-refractivity contribution in [1.82, 2.24) is 4.90 Å². The first kappa shape index (κ1) is 17.3. The summed E-state index contributed by atoms with van der Waals surface area (Å²) in [4.78, 5) is 37.4. The number of methoxy groups -OCH3 is 2. The van der Waals surface area contributed by atoms with Crippen molar-refractivity contribution in [1.29, 1.82) is 0 Å². The maximum atomic E-state index is 12.1. The molecule has 1 amide bonds. The number of hydrogen-bond donors (Lipinski definition) is 0. The van der Waals surface area contributed by atoms with Crippen LogP contribution in [0.5, 0.6) is 0 Å². The van der Waals surface area contributed by atoms with Gasteiger partial charge >= 0.3 is 18.0 Å². The van der Waals surface area contributed by atoms with Crippen molar-refractivity contribution >= 4 is 18.0 Å². The van der Waals surface area contributed by atoms with E-state index in [-0.39, 0.29) is 13.1 Å². The minimum atomic E-state index is -1.14. The van der Waals surface area contributed by atoms with Gasteiger partial charge in [-0.25, -0.2) is 4.79 Å². The molecule has 0 radical (unpaired) electrons. The third-order valence-electron chi connectivity index (χ3n) is 3.48. The van der Waals surface area contributed by atoms with Crippen molar-refractivity contribution < 1.29 is 28.6 Å². The van der Waals surface area contributed by atoms with E-state index in [0.29, 0.717) is 0 Å². The van der Waals surface area contributed by atoms with Gasteiger partial charge in [-0.1, -0.05) is 0 Å². The summed E-state index contributed by atoms with van der Waals surface area (Å²) >= 11 is 0. The molecule has 0 aromatic rings. The summed E-state index contributed by atoms with van der Waals surface area (Å²) in [7, 11) is 2.49. The molecule has 1 saturated heterocycles. The molecule has 0 bridgehead atoms. The van der Waals surface area contributed by atoms with E-state index in [9.17, 15) is 14.4 Å². The fourth-order valence-electron chi connectivity index (χ4n) is 2.38. The van der Waals surface area contributed by atoms with E-state index in [2.05, 4.69) is 0 Å². The molecule has 0 aromatic carbocycles. The van der Waals surface area contributed by atoms with Crippen molar-refractivity contribution in [3.8, 4) is 0 Å². The van der Waals surface area contributed by atoms with Gasteiger partial charge in [-0.2, -0.15) is 0 Å². The van der Waals surface area contributed by atoms with Crippen molar-refractivity contribution in [2.24, 2.45) is 11.3 Å². The second kappa shape index (κ2) is 5.91. The molecule has 0 aliphatic carbocycles. The van der Waals surface area contributed by atoms with E-state index in [1.165, 1.54) is 19.1 Å². The molecular formula is C14H23NO6. The second-order valence-electron chi connectivity index (χ2n) is 6.35. The van der Waals surface area contributed by atoms with Crippen molar-refractivity contribution in [2.45, 2.75) is 33.3 Å². The van der Waals surface area contributed by atoms with Crippen LogP contribution in [0.25, 0.3) is 0 Å². The number of amides is 1. The Kier molecular flexibility index (Phi) is 4.86. The fourth-order valence-corrected chi connectivity index (χ4v) is 2.38. The van der Waals surface area contributed by atoms with Crippen molar-refractivity contribution in [3.63, 3.8) is 0 Å². The molecule has 7 nitrogen and oxygen atoms in total. The first-order valence-corrected chi connectivity index (χ1v) is 6.69. The molecule has 0 aromatic heterocycles. The third kappa shape index (κ3) is 3.65. The van der Waals surface area contributed by atoms with Crippen LogP contribution in [0.2, 0.25) is 0 Å². The topological polar surface area (TPSA) is 82.1 Å². The Morgan fingerprint density at radius 3 is 2.14 bits per heavy atom. The monoisotopic (exact) mass is 301 g/mol. The summed E-state index contributed by atoms with van der Waals surface area (Å²) in [5.41, 5.74) is -1.79. The van der Waals surface area contributed by atoms with Gasteiger partial charge < -0.3 is 19.1 Å². The fraction of sp³-hybridized carbons (Fsp3) is 0.786. The molecule has 21 heavy (non-hydrogen) atoms. The van der Waals surface area contributed by atoms with E-state index >= 15 is 0 Å². The summed E-state index contributed by atoms with van der Waals surface area (Å²) in [5.74, 6) is -1.87.